The van der Waals surface area contributed by atoms with Crippen LogP contribution in [0.4, 0.5) is 0 Å². The predicted octanol–water partition coefficient (Wildman–Crippen LogP) is 1.59. The Bertz CT molecular complexity index is 132. The zero-order valence-corrected chi connectivity index (χ0v) is 9.08. The topological polar surface area (TPSA) is 38.7 Å². The van der Waals surface area contributed by atoms with E-state index in [2.05, 4.69) is 6.92 Å². The summed E-state index contributed by atoms with van der Waals surface area (Å²) in [6, 6.07) is 0. The summed E-state index contributed by atoms with van der Waals surface area (Å²) in [7, 11) is 0. The van der Waals surface area contributed by atoms with Gasteiger partial charge < -0.3 is 14.6 Å². The third kappa shape index (κ3) is 4.40. The summed E-state index contributed by atoms with van der Waals surface area (Å²) in [6.07, 6.45) is 3.61. The lowest BCUT2D eigenvalue weighted by molar-refractivity contribution is -0.00753. The molecule has 1 fully saturated rings. The molecule has 0 spiro atoms. The third-order valence-corrected chi connectivity index (χ3v) is 2.72. The Morgan fingerprint density at radius 1 is 1.36 bits per heavy atom. The molecule has 0 amide bonds. The van der Waals surface area contributed by atoms with Gasteiger partial charge in [0.05, 0.1) is 6.10 Å². The average molecular weight is 202 g/mol. The summed E-state index contributed by atoms with van der Waals surface area (Å²) in [4.78, 5) is 0. The van der Waals surface area contributed by atoms with Gasteiger partial charge in [-0.3, -0.25) is 0 Å². The van der Waals surface area contributed by atoms with Crippen molar-refractivity contribution in [3.63, 3.8) is 0 Å². The minimum Gasteiger partial charge on any atom is -0.393 e. The summed E-state index contributed by atoms with van der Waals surface area (Å²) >= 11 is 0. The minimum absolute atomic E-state index is 0.198. The van der Waals surface area contributed by atoms with Crippen molar-refractivity contribution in [2.24, 2.45) is 5.92 Å². The minimum atomic E-state index is -0.198. The zero-order valence-electron chi connectivity index (χ0n) is 9.08. The highest BCUT2D eigenvalue weighted by Gasteiger charge is 2.21. The Morgan fingerprint density at radius 3 is 2.71 bits per heavy atom. The molecule has 0 bridgehead atoms. The van der Waals surface area contributed by atoms with Crippen LogP contribution in [-0.4, -0.2) is 37.6 Å². The zero-order chi connectivity index (χ0) is 10.2. The molecule has 14 heavy (non-hydrogen) atoms. The van der Waals surface area contributed by atoms with Crippen molar-refractivity contribution < 1.29 is 14.6 Å². The van der Waals surface area contributed by atoms with Gasteiger partial charge in [0, 0.05) is 26.4 Å². The van der Waals surface area contributed by atoms with Crippen LogP contribution in [0.15, 0.2) is 0 Å². The van der Waals surface area contributed by atoms with Crippen LogP contribution in [0.1, 0.15) is 32.6 Å². The second-order valence-electron chi connectivity index (χ2n) is 3.92. The van der Waals surface area contributed by atoms with Gasteiger partial charge in [0.25, 0.3) is 0 Å². The van der Waals surface area contributed by atoms with Crippen molar-refractivity contribution in [2.45, 2.75) is 38.7 Å². The van der Waals surface area contributed by atoms with Crippen LogP contribution in [0, 0.1) is 5.92 Å². The average Bonchev–Trinajstić information content (AvgIpc) is 2.25. The highest BCUT2D eigenvalue weighted by molar-refractivity contribution is 4.71. The van der Waals surface area contributed by atoms with Crippen molar-refractivity contribution in [3.05, 3.63) is 0 Å². The first kappa shape index (κ1) is 12.0. The maximum absolute atomic E-state index is 9.84. The van der Waals surface area contributed by atoms with E-state index in [0.29, 0.717) is 12.5 Å². The molecule has 0 saturated carbocycles. The van der Waals surface area contributed by atoms with Gasteiger partial charge in [0.2, 0.25) is 0 Å². The van der Waals surface area contributed by atoms with Gasteiger partial charge in [0.1, 0.15) is 0 Å². The van der Waals surface area contributed by atoms with E-state index in [9.17, 15) is 5.11 Å². The number of aliphatic hydroxyl groups is 1. The predicted molar refractivity (Wildman–Crippen MR) is 55.3 cm³/mol. The smallest absolute Gasteiger partial charge is 0.0592 e. The number of hydrogen-bond acceptors (Lipinski definition) is 3. The molecule has 0 aromatic heterocycles. The van der Waals surface area contributed by atoms with Gasteiger partial charge in [-0.25, -0.2) is 0 Å². The molecular formula is C11H22O3. The second kappa shape index (κ2) is 7.21. The molecule has 0 aromatic rings. The van der Waals surface area contributed by atoms with Gasteiger partial charge in [-0.15, -0.1) is 0 Å². The molecule has 84 valence electrons. The Hall–Kier alpha value is -0.120. The Labute approximate surface area is 86.4 Å². The molecule has 0 aliphatic carbocycles. The molecule has 1 unspecified atom stereocenters. The molecule has 1 N–H and O–H groups in total. The van der Waals surface area contributed by atoms with E-state index in [1.165, 1.54) is 0 Å². The maximum Gasteiger partial charge on any atom is 0.0592 e. The van der Waals surface area contributed by atoms with E-state index in [1.54, 1.807) is 0 Å². The van der Waals surface area contributed by atoms with Gasteiger partial charge in [-0.05, 0) is 31.6 Å². The quantitative estimate of drug-likeness (QED) is 0.665. The van der Waals surface area contributed by atoms with Gasteiger partial charge in [0.15, 0.2) is 0 Å². The first-order chi connectivity index (χ1) is 6.84. The fourth-order valence-corrected chi connectivity index (χ4v) is 1.79. The molecule has 1 atom stereocenters. The van der Waals surface area contributed by atoms with Gasteiger partial charge >= 0.3 is 0 Å². The Morgan fingerprint density at radius 2 is 2.07 bits per heavy atom. The van der Waals surface area contributed by atoms with Crippen LogP contribution >= 0.6 is 0 Å². The molecule has 1 saturated heterocycles. The molecule has 1 rings (SSSR count). The molecule has 3 heteroatoms. The maximum atomic E-state index is 9.84. The third-order valence-electron chi connectivity index (χ3n) is 2.72. The van der Waals surface area contributed by atoms with Crippen LogP contribution in [0.2, 0.25) is 0 Å². The fraction of sp³-hybridized carbons (Fsp3) is 1.00. The van der Waals surface area contributed by atoms with Crippen LogP contribution in [0.3, 0.4) is 0 Å². The van der Waals surface area contributed by atoms with E-state index in [-0.39, 0.29) is 6.10 Å². The van der Waals surface area contributed by atoms with Crippen LogP contribution in [0.25, 0.3) is 0 Å². The van der Waals surface area contributed by atoms with Gasteiger partial charge in [-0.1, -0.05) is 6.92 Å². The first-order valence-electron chi connectivity index (χ1n) is 5.68. The van der Waals surface area contributed by atoms with Crippen LogP contribution < -0.4 is 0 Å². The van der Waals surface area contributed by atoms with Crippen molar-refractivity contribution in [1.29, 1.82) is 0 Å². The lowest BCUT2D eigenvalue weighted by Crippen LogP contribution is -2.28. The largest absolute Gasteiger partial charge is 0.393 e. The van der Waals surface area contributed by atoms with E-state index in [1.807, 2.05) is 0 Å². The van der Waals surface area contributed by atoms with E-state index in [4.69, 9.17) is 9.47 Å². The molecule has 0 aromatic carbocycles. The van der Waals surface area contributed by atoms with Crippen LogP contribution in [-0.2, 0) is 9.47 Å². The number of rotatable bonds is 6. The van der Waals surface area contributed by atoms with Crippen molar-refractivity contribution in [1.82, 2.24) is 0 Å². The Balaban J connectivity index is 2.04. The summed E-state index contributed by atoms with van der Waals surface area (Å²) < 4.78 is 10.6. The molecule has 1 aliphatic rings. The highest BCUT2D eigenvalue weighted by Crippen LogP contribution is 2.20. The molecular weight excluding hydrogens is 180 g/mol. The SMILES string of the molecule is CCCOCCC(O)C1CCOCC1. The van der Waals surface area contributed by atoms with E-state index < -0.39 is 0 Å². The highest BCUT2D eigenvalue weighted by atomic mass is 16.5. The van der Waals surface area contributed by atoms with E-state index >= 15 is 0 Å². The fourth-order valence-electron chi connectivity index (χ4n) is 1.79. The standard InChI is InChI=1S/C11H22O3/c1-2-6-13-9-5-11(12)10-3-7-14-8-4-10/h10-12H,2-9H2,1H3. The lowest BCUT2D eigenvalue weighted by atomic mass is 9.92. The molecule has 1 heterocycles. The first-order valence-corrected chi connectivity index (χ1v) is 5.68. The molecule has 0 radical (unpaired) electrons. The summed E-state index contributed by atoms with van der Waals surface area (Å²) in [6.45, 7) is 5.19. The molecule has 3 nitrogen and oxygen atoms in total. The van der Waals surface area contributed by atoms with Crippen molar-refractivity contribution in [2.75, 3.05) is 26.4 Å². The van der Waals surface area contributed by atoms with Crippen molar-refractivity contribution >= 4 is 0 Å². The monoisotopic (exact) mass is 202 g/mol. The number of aliphatic hydroxyl groups excluding tert-OH is 1. The lowest BCUT2D eigenvalue weighted by Gasteiger charge is -2.26. The number of hydrogen-bond donors (Lipinski definition) is 1. The normalized spacial score (nSPS) is 21.0. The Kier molecular flexibility index (Phi) is 6.15. The van der Waals surface area contributed by atoms with E-state index in [0.717, 1.165) is 45.5 Å². The number of ether oxygens (including phenoxy) is 2. The summed E-state index contributed by atoms with van der Waals surface area (Å²) in [5.41, 5.74) is 0. The molecule has 1 aliphatic heterocycles. The van der Waals surface area contributed by atoms with Crippen molar-refractivity contribution in [3.8, 4) is 0 Å². The van der Waals surface area contributed by atoms with Gasteiger partial charge in [-0.2, -0.15) is 0 Å². The summed E-state index contributed by atoms with van der Waals surface area (Å²) in [5, 5.41) is 9.84. The summed E-state index contributed by atoms with van der Waals surface area (Å²) in [5.74, 6) is 0.425. The second-order valence-corrected chi connectivity index (χ2v) is 3.92. The van der Waals surface area contributed by atoms with Crippen LogP contribution in [0.5, 0.6) is 0 Å².